The molecule has 1 aromatic rings. The molecular formula is C9H10ClNO3. The third kappa shape index (κ3) is 1.45. The molecule has 1 saturated heterocycles. The summed E-state index contributed by atoms with van der Waals surface area (Å²) in [6, 6.07) is 1.65. The van der Waals surface area contributed by atoms with Crippen LogP contribution in [-0.2, 0) is 10.3 Å². The first-order valence-corrected chi connectivity index (χ1v) is 4.54. The Labute approximate surface area is 86.4 Å². The second-order valence-electron chi connectivity index (χ2n) is 3.24. The third-order valence-corrected chi connectivity index (χ3v) is 2.49. The van der Waals surface area contributed by atoms with E-state index in [1.165, 1.54) is 7.11 Å². The van der Waals surface area contributed by atoms with Gasteiger partial charge >= 0.3 is 0 Å². The van der Waals surface area contributed by atoms with E-state index in [4.69, 9.17) is 21.1 Å². The van der Waals surface area contributed by atoms with E-state index in [0.29, 0.717) is 16.5 Å². The highest BCUT2D eigenvalue weighted by molar-refractivity contribution is 6.31. The average molecular weight is 216 g/mol. The highest BCUT2D eigenvalue weighted by Crippen LogP contribution is 2.32. The molecule has 5 heteroatoms. The molecule has 0 aliphatic carbocycles. The number of hydrogen-bond acceptors (Lipinski definition) is 4. The highest BCUT2D eigenvalue weighted by Gasteiger charge is 2.38. The minimum Gasteiger partial charge on any atom is -0.480 e. The van der Waals surface area contributed by atoms with Gasteiger partial charge in [0, 0.05) is 11.8 Å². The maximum atomic E-state index is 9.90. The van der Waals surface area contributed by atoms with Crippen LogP contribution in [0.1, 0.15) is 5.56 Å². The van der Waals surface area contributed by atoms with Crippen molar-refractivity contribution in [1.82, 2.24) is 4.98 Å². The van der Waals surface area contributed by atoms with Crippen molar-refractivity contribution in [3.8, 4) is 5.88 Å². The first-order valence-electron chi connectivity index (χ1n) is 4.16. The summed E-state index contributed by atoms with van der Waals surface area (Å²) in [5.74, 6) is 0.360. The Balaban J connectivity index is 2.32. The number of pyridine rings is 1. The molecule has 1 aliphatic rings. The summed E-state index contributed by atoms with van der Waals surface area (Å²) >= 11 is 5.88. The molecule has 2 rings (SSSR count). The molecule has 2 heterocycles. The predicted molar refractivity (Wildman–Crippen MR) is 50.5 cm³/mol. The Morgan fingerprint density at radius 3 is 2.79 bits per heavy atom. The molecule has 1 aromatic heterocycles. The summed E-state index contributed by atoms with van der Waals surface area (Å²) in [6.45, 7) is 0.578. The first-order chi connectivity index (χ1) is 6.65. The fourth-order valence-corrected chi connectivity index (χ4v) is 1.54. The monoisotopic (exact) mass is 215 g/mol. The average Bonchev–Trinajstić information content (AvgIpc) is 2.14. The molecule has 0 aromatic carbocycles. The van der Waals surface area contributed by atoms with Crippen LogP contribution in [0, 0.1) is 0 Å². The van der Waals surface area contributed by atoms with Crippen molar-refractivity contribution >= 4 is 11.6 Å². The maximum absolute atomic E-state index is 9.90. The van der Waals surface area contributed by atoms with Crippen molar-refractivity contribution in [3.05, 3.63) is 22.8 Å². The lowest BCUT2D eigenvalue weighted by Gasteiger charge is -2.36. The third-order valence-electron chi connectivity index (χ3n) is 2.22. The SMILES string of the molecule is COc1ncc(C2(O)COC2)cc1Cl. The van der Waals surface area contributed by atoms with Gasteiger partial charge in [-0.25, -0.2) is 4.98 Å². The maximum Gasteiger partial charge on any atom is 0.232 e. The molecule has 14 heavy (non-hydrogen) atoms. The molecule has 1 N–H and O–H groups in total. The van der Waals surface area contributed by atoms with E-state index in [0.717, 1.165) is 0 Å². The van der Waals surface area contributed by atoms with Gasteiger partial charge in [0.25, 0.3) is 0 Å². The van der Waals surface area contributed by atoms with E-state index in [9.17, 15) is 5.11 Å². The molecule has 1 fully saturated rings. The Bertz CT molecular complexity index is 352. The molecule has 0 bridgehead atoms. The van der Waals surface area contributed by atoms with Crippen molar-refractivity contribution in [2.24, 2.45) is 0 Å². The van der Waals surface area contributed by atoms with Crippen molar-refractivity contribution in [2.75, 3.05) is 20.3 Å². The second-order valence-corrected chi connectivity index (χ2v) is 3.65. The Morgan fingerprint density at radius 2 is 2.36 bits per heavy atom. The van der Waals surface area contributed by atoms with Crippen LogP contribution in [0.3, 0.4) is 0 Å². The standard InChI is InChI=1S/C9H10ClNO3/c1-13-8-7(10)2-6(3-11-8)9(12)4-14-5-9/h2-3,12H,4-5H2,1H3. The number of rotatable bonds is 2. The van der Waals surface area contributed by atoms with Gasteiger partial charge in [-0.1, -0.05) is 11.6 Å². The van der Waals surface area contributed by atoms with Crippen LogP contribution in [0.2, 0.25) is 5.02 Å². The van der Waals surface area contributed by atoms with Gasteiger partial charge in [0.05, 0.1) is 20.3 Å². The molecule has 0 atom stereocenters. The van der Waals surface area contributed by atoms with Crippen LogP contribution in [0.15, 0.2) is 12.3 Å². The van der Waals surface area contributed by atoms with Crippen LogP contribution >= 0.6 is 11.6 Å². The van der Waals surface area contributed by atoms with Crippen LogP contribution in [0.4, 0.5) is 0 Å². The summed E-state index contributed by atoms with van der Waals surface area (Å²) < 4.78 is 9.84. The Hall–Kier alpha value is -0.840. The van der Waals surface area contributed by atoms with Gasteiger partial charge in [-0.2, -0.15) is 0 Å². The number of nitrogens with zero attached hydrogens (tertiary/aromatic N) is 1. The zero-order valence-corrected chi connectivity index (χ0v) is 8.41. The lowest BCUT2D eigenvalue weighted by Crippen LogP contribution is -2.46. The van der Waals surface area contributed by atoms with Gasteiger partial charge in [-0.3, -0.25) is 0 Å². The zero-order chi connectivity index (χ0) is 10.2. The largest absolute Gasteiger partial charge is 0.480 e. The minimum atomic E-state index is -0.928. The van der Waals surface area contributed by atoms with E-state index >= 15 is 0 Å². The number of hydrogen-bond donors (Lipinski definition) is 1. The summed E-state index contributed by atoms with van der Waals surface area (Å²) in [4.78, 5) is 3.98. The Morgan fingerprint density at radius 1 is 1.64 bits per heavy atom. The summed E-state index contributed by atoms with van der Waals surface area (Å²) in [6.07, 6.45) is 1.55. The molecule has 4 nitrogen and oxygen atoms in total. The molecule has 76 valence electrons. The Kier molecular flexibility index (Phi) is 2.34. The van der Waals surface area contributed by atoms with Crippen molar-refractivity contribution in [1.29, 1.82) is 0 Å². The molecule has 1 aliphatic heterocycles. The number of halogens is 1. The molecular weight excluding hydrogens is 206 g/mol. The van der Waals surface area contributed by atoms with Gasteiger partial charge < -0.3 is 14.6 Å². The molecule has 0 spiro atoms. The van der Waals surface area contributed by atoms with Gasteiger partial charge in [0.1, 0.15) is 10.6 Å². The van der Waals surface area contributed by atoms with E-state index in [1.807, 2.05) is 0 Å². The van der Waals surface area contributed by atoms with E-state index in [-0.39, 0.29) is 13.2 Å². The molecule has 0 amide bonds. The quantitative estimate of drug-likeness (QED) is 0.799. The summed E-state index contributed by atoms with van der Waals surface area (Å²) in [7, 11) is 1.50. The number of aromatic nitrogens is 1. The van der Waals surface area contributed by atoms with Crippen LogP contribution in [0.5, 0.6) is 5.88 Å². The second kappa shape index (κ2) is 3.38. The van der Waals surface area contributed by atoms with Crippen LogP contribution in [0.25, 0.3) is 0 Å². The topological polar surface area (TPSA) is 51.6 Å². The highest BCUT2D eigenvalue weighted by atomic mass is 35.5. The summed E-state index contributed by atoms with van der Waals surface area (Å²) in [5.41, 5.74) is -0.266. The van der Waals surface area contributed by atoms with E-state index < -0.39 is 5.60 Å². The fourth-order valence-electron chi connectivity index (χ4n) is 1.29. The number of aliphatic hydroxyl groups is 1. The minimum absolute atomic E-state index is 0.289. The van der Waals surface area contributed by atoms with Gasteiger partial charge in [-0.05, 0) is 6.07 Å². The predicted octanol–water partition coefficient (Wildman–Crippen LogP) is 0.961. The lowest BCUT2D eigenvalue weighted by molar-refractivity contribution is -0.184. The van der Waals surface area contributed by atoms with E-state index in [2.05, 4.69) is 4.98 Å². The fraction of sp³-hybridized carbons (Fsp3) is 0.444. The molecule has 0 saturated carbocycles. The normalized spacial score (nSPS) is 18.8. The van der Waals surface area contributed by atoms with Crippen LogP contribution in [-0.4, -0.2) is 30.4 Å². The van der Waals surface area contributed by atoms with Gasteiger partial charge in [0.15, 0.2) is 0 Å². The van der Waals surface area contributed by atoms with Crippen molar-refractivity contribution in [2.45, 2.75) is 5.60 Å². The van der Waals surface area contributed by atoms with E-state index in [1.54, 1.807) is 12.3 Å². The number of methoxy groups -OCH3 is 1. The van der Waals surface area contributed by atoms with Crippen molar-refractivity contribution < 1.29 is 14.6 Å². The van der Waals surface area contributed by atoms with Crippen LogP contribution < -0.4 is 4.74 Å². The lowest BCUT2D eigenvalue weighted by atomic mass is 9.94. The molecule has 0 radical (unpaired) electrons. The molecule has 0 unspecified atom stereocenters. The van der Waals surface area contributed by atoms with Gasteiger partial charge in [-0.15, -0.1) is 0 Å². The zero-order valence-electron chi connectivity index (χ0n) is 7.66. The van der Waals surface area contributed by atoms with Gasteiger partial charge in [0.2, 0.25) is 5.88 Å². The number of ether oxygens (including phenoxy) is 2. The first kappa shape index (κ1) is 9.71. The summed E-state index contributed by atoms with van der Waals surface area (Å²) in [5, 5.41) is 10.3. The smallest absolute Gasteiger partial charge is 0.232 e. The van der Waals surface area contributed by atoms with Crippen molar-refractivity contribution in [3.63, 3.8) is 0 Å².